The first-order valence-electron chi connectivity index (χ1n) is 28.3. The number of ether oxygens (including phenoxy) is 8. The number of amides is 1. The third-order valence-corrected chi connectivity index (χ3v) is 18.0. The maximum Gasteiger partial charge on any atom is 0.407 e. The molecule has 1 saturated carbocycles. The van der Waals surface area contributed by atoms with E-state index in [0.29, 0.717) is 50.4 Å². The molecular formula is C56H88N6O18S. The number of carbonyl (C=O) groups excluding carboxylic acids is 2. The van der Waals surface area contributed by atoms with Crippen LogP contribution in [0.15, 0.2) is 39.2 Å². The highest BCUT2D eigenvalue weighted by atomic mass is 32.2. The van der Waals surface area contributed by atoms with Crippen molar-refractivity contribution in [3.05, 3.63) is 40.2 Å². The Bertz CT molecular complexity index is 2570. The van der Waals surface area contributed by atoms with Crippen LogP contribution in [0.1, 0.15) is 97.3 Å². The number of aromatic carboxylic acids is 1. The standard InChI is InChI=1S/C56H88N6O18S/c1-13-61-20-17-35-26-40(59(8)9)45(64)52(76-35)79-48-32(3)46(33(4)51(68)77-41-16-18-56(41,71)47(65)43(58-74-23-21-61)31(2)28-54(48,6)70)78-42-29-55(7,72-12)49(34(5)75-42)80-53(69)57-19-22-73-24-25-81-36-14-15-39-37(27-36)44(63)38(50(66)67)30-62(39)60(10)11/h14-15,27,30-35,40-42,45-49,52,64-65,70-71H,13,16-26,28-29H2,1-12H3,(H,57,69)(H,66,67)/b58-43+/t31-,32+,33-,34+,35-,40+,41-,42+,45-,46+,47-,48-,49+,52+,54-,55-,56-/m1/s1. The fourth-order valence-corrected chi connectivity index (χ4v) is 12.9. The van der Waals surface area contributed by atoms with Crippen LogP contribution in [0.2, 0.25) is 0 Å². The van der Waals surface area contributed by atoms with Gasteiger partial charge in [0, 0.05) is 87.4 Å². The molecule has 81 heavy (non-hydrogen) atoms. The highest BCUT2D eigenvalue weighted by Gasteiger charge is 2.58. The van der Waals surface area contributed by atoms with Gasteiger partial charge in [0.15, 0.2) is 18.7 Å². The molecule has 0 unspecified atom stereocenters. The number of rotatable bonds is 15. The zero-order valence-electron chi connectivity index (χ0n) is 49.0. The van der Waals surface area contributed by atoms with Crippen molar-refractivity contribution in [1.82, 2.24) is 19.8 Å². The van der Waals surface area contributed by atoms with Crippen LogP contribution in [0.5, 0.6) is 0 Å². The van der Waals surface area contributed by atoms with Crippen molar-refractivity contribution in [2.45, 2.75) is 176 Å². The number of esters is 1. The number of carbonyl (C=O) groups is 3. The number of alkyl carbamates (subject to hydrolysis) is 1. The third-order valence-electron chi connectivity index (χ3n) is 17.0. The maximum absolute atomic E-state index is 14.5. The molecule has 0 radical (unpaired) electrons. The van der Waals surface area contributed by atoms with E-state index in [-0.39, 0.29) is 74.2 Å². The third kappa shape index (κ3) is 14.7. The normalized spacial score (nSPS) is 37.1. The molecule has 4 fully saturated rings. The molecule has 24 nitrogen and oxygen atoms in total. The molecule has 1 amide bonds. The number of aliphatic hydroxyl groups is 4. The SMILES string of the molecule is CCN1CCO/N=C2\[C@H](C)C[C@@](C)(O)[C@H](O[C@@H]3O[C@H](CC1)C[C@H](N(C)C)[C@H]3O)[C@@H](C)[C@H](O[C@H]1C[C@@](C)(OC)[C@@H](OC(=O)NCCOCCSc3ccc4c(c3)c(=O)c(C(=O)O)cn4N(C)C)[C@H](C)O1)[C@@H](C)C(=O)O[C@@H]1CC[C@]1(O)[C@@H]2O. The Labute approximate surface area is 478 Å². The molecule has 1 aromatic heterocycles. The minimum atomic E-state index is -1.92. The van der Waals surface area contributed by atoms with Gasteiger partial charge < -0.3 is 88.4 Å². The molecule has 25 heteroatoms. The summed E-state index contributed by atoms with van der Waals surface area (Å²) in [6.45, 7) is 14.8. The number of fused-ring (bicyclic) bond motifs is 8. The zero-order valence-corrected chi connectivity index (χ0v) is 49.8. The lowest BCUT2D eigenvalue weighted by Crippen LogP contribution is -2.64. The van der Waals surface area contributed by atoms with Gasteiger partial charge in [0.2, 0.25) is 5.43 Å². The zero-order chi connectivity index (χ0) is 59.3. The number of likely N-dealkylation sites (N-methyl/N-ethyl adjacent to an activating group) is 2. The summed E-state index contributed by atoms with van der Waals surface area (Å²) in [5.41, 5.74) is -5.23. The predicted octanol–water partition coefficient (Wildman–Crippen LogP) is 2.78. The van der Waals surface area contributed by atoms with Crippen molar-refractivity contribution in [1.29, 1.82) is 0 Å². The molecule has 5 aliphatic rings. The van der Waals surface area contributed by atoms with Gasteiger partial charge >= 0.3 is 18.0 Å². The molecule has 3 saturated heterocycles. The molecule has 2 aromatic rings. The lowest BCUT2D eigenvalue weighted by atomic mass is 9.69. The number of nitrogens with one attached hydrogen (secondary N) is 1. The highest BCUT2D eigenvalue weighted by Crippen LogP contribution is 2.44. The number of nitrogens with zero attached hydrogens (tertiary/aromatic N) is 5. The van der Waals surface area contributed by atoms with Crippen LogP contribution in [0, 0.1) is 17.8 Å². The van der Waals surface area contributed by atoms with E-state index >= 15 is 0 Å². The second-order valence-electron chi connectivity index (χ2n) is 23.3. The van der Waals surface area contributed by atoms with Gasteiger partial charge in [-0.3, -0.25) is 14.3 Å². The average molecular weight is 1170 g/mol. The summed E-state index contributed by atoms with van der Waals surface area (Å²) in [6, 6.07) is 4.91. The Balaban J connectivity index is 1.06. The summed E-state index contributed by atoms with van der Waals surface area (Å²) < 4.78 is 52.5. The van der Waals surface area contributed by atoms with Gasteiger partial charge in [-0.25, -0.2) is 9.59 Å². The summed E-state index contributed by atoms with van der Waals surface area (Å²) in [5, 5.41) is 67.9. The van der Waals surface area contributed by atoms with E-state index in [2.05, 4.69) is 15.4 Å². The van der Waals surface area contributed by atoms with Crippen molar-refractivity contribution < 1.29 is 82.6 Å². The minimum absolute atomic E-state index is 0.0000288. The van der Waals surface area contributed by atoms with Crippen molar-refractivity contribution in [3.63, 3.8) is 0 Å². The van der Waals surface area contributed by atoms with Gasteiger partial charge in [-0.15, -0.1) is 11.8 Å². The van der Waals surface area contributed by atoms with Crippen LogP contribution >= 0.6 is 11.8 Å². The number of pyridine rings is 1. The summed E-state index contributed by atoms with van der Waals surface area (Å²) in [6.07, 6.45) is -8.89. The number of hydrogen-bond acceptors (Lipinski definition) is 22. The second-order valence-corrected chi connectivity index (χ2v) is 24.5. The molecule has 5 heterocycles. The average Bonchev–Trinajstić information content (AvgIpc) is 3.75. The summed E-state index contributed by atoms with van der Waals surface area (Å²) in [4.78, 5) is 63.5. The van der Waals surface area contributed by atoms with Gasteiger partial charge in [-0.1, -0.05) is 25.9 Å². The van der Waals surface area contributed by atoms with Crippen LogP contribution < -0.4 is 15.8 Å². The van der Waals surface area contributed by atoms with E-state index in [1.807, 2.05) is 32.0 Å². The van der Waals surface area contributed by atoms with E-state index in [0.717, 1.165) is 4.90 Å². The Morgan fingerprint density at radius 1 is 0.988 bits per heavy atom. The van der Waals surface area contributed by atoms with Crippen LogP contribution in [0.25, 0.3) is 10.9 Å². The van der Waals surface area contributed by atoms with Crippen LogP contribution in [-0.4, -0.2) is 235 Å². The van der Waals surface area contributed by atoms with E-state index in [9.17, 15) is 44.7 Å². The van der Waals surface area contributed by atoms with Crippen molar-refractivity contribution in [3.8, 4) is 0 Å². The number of aromatic nitrogens is 1. The number of carboxylic acids is 1. The highest BCUT2D eigenvalue weighted by molar-refractivity contribution is 7.99. The minimum Gasteiger partial charge on any atom is -0.477 e. The lowest BCUT2D eigenvalue weighted by molar-refractivity contribution is -0.318. The monoisotopic (exact) mass is 1160 g/mol. The van der Waals surface area contributed by atoms with Gasteiger partial charge in [0.05, 0.1) is 60.4 Å². The van der Waals surface area contributed by atoms with Crippen molar-refractivity contribution >= 4 is 46.4 Å². The molecule has 4 bridgehead atoms. The molecule has 456 valence electrons. The fourth-order valence-electron chi connectivity index (χ4n) is 12.1. The first kappa shape index (κ1) is 64.3. The Hall–Kier alpha value is -4.22. The molecule has 1 aromatic carbocycles. The second kappa shape index (κ2) is 27.2. The Morgan fingerprint density at radius 3 is 2.38 bits per heavy atom. The van der Waals surface area contributed by atoms with E-state index < -0.39 is 113 Å². The Kier molecular flexibility index (Phi) is 21.6. The molecule has 0 spiro atoms. The van der Waals surface area contributed by atoms with Crippen LogP contribution in [0.3, 0.4) is 0 Å². The molecule has 4 aliphatic heterocycles. The smallest absolute Gasteiger partial charge is 0.407 e. The van der Waals surface area contributed by atoms with E-state index in [1.165, 1.54) is 25.1 Å². The Morgan fingerprint density at radius 2 is 1.73 bits per heavy atom. The van der Waals surface area contributed by atoms with Crippen LogP contribution in [-0.2, 0) is 47.5 Å². The largest absolute Gasteiger partial charge is 0.477 e. The van der Waals surface area contributed by atoms with Gasteiger partial charge in [0.25, 0.3) is 0 Å². The number of thioether (sulfide) groups is 1. The van der Waals surface area contributed by atoms with Gasteiger partial charge in [-0.05, 0) is 98.6 Å². The van der Waals surface area contributed by atoms with Crippen LogP contribution in [0.4, 0.5) is 4.79 Å². The lowest BCUT2D eigenvalue weighted by Gasteiger charge is -2.49. The van der Waals surface area contributed by atoms with Gasteiger partial charge in [0.1, 0.15) is 41.7 Å². The molecule has 17 atom stereocenters. The molecule has 7 rings (SSSR count). The molecule has 1 aliphatic carbocycles. The number of benzene rings is 1. The van der Waals surface area contributed by atoms with E-state index in [4.69, 9.17) is 42.7 Å². The number of methoxy groups -OCH3 is 1. The fraction of sp³-hybridized carbons (Fsp3) is 0.768. The molecular weight excluding hydrogens is 1080 g/mol. The quantitative estimate of drug-likeness (QED) is 0.0849. The number of aliphatic hydroxyl groups excluding tert-OH is 2. The first-order valence-corrected chi connectivity index (χ1v) is 29.2. The summed E-state index contributed by atoms with van der Waals surface area (Å²) >= 11 is 1.43. The summed E-state index contributed by atoms with van der Waals surface area (Å²) in [5.74, 6) is -4.32. The topological polar surface area (TPSA) is 292 Å². The van der Waals surface area contributed by atoms with E-state index in [1.54, 1.807) is 77.5 Å². The maximum atomic E-state index is 14.5. The number of oxime groups is 1. The number of hydrogen-bond donors (Lipinski definition) is 6. The first-order chi connectivity index (χ1) is 38.2. The number of carboxylic acid groups (broad SMARTS) is 1. The van der Waals surface area contributed by atoms with Crippen molar-refractivity contribution in [2.24, 2.45) is 22.9 Å². The predicted molar refractivity (Wildman–Crippen MR) is 299 cm³/mol. The molecule has 6 N–H and O–H groups in total. The summed E-state index contributed by atoms with van der Waals surface area (Å²) in [7, 11) is 8.73. The van der Waals surface area contributed by atoms with Gasteiger partial charge in [-0.2, -0.15) is 0 Å². The van der Waals surface area contributed by atoms with Crippen molar-refractivity contribution in [2.75, 3.05) is 92.1 Å².